The first-order valence-electron chi connectivity index (χ1n) is 6.80. The Balaban J connectivity index is 1.88. The van der Waals surface area contributed by atoms with E-state index < -0.39 is 6.29 Å². The van der Waals surface area contributed by atoms with E-state index in [9.17, 15) is 9.90 Å². The second kappa shape index (κ2) is 3.38. The lowest BCUT2D eigenvalue weighted by Gasteiger charge is -2.47. The van der Waals surface area contributed by atoms with Gasteiger partial charge in [0.15, 0.2) is 0 Å². The molecule has 0 radical (unpaired) electrons. The standard InChI is InChI=1S/C14H17NO3/c16-12-7-9-3-1-2-5-14(9)10-8-13(17)18-11(10)4-6-15(12)14/h4,8-9,13,17H,1-3,5-7H2/t9-,13-,14-/m0/s1. The summed E-state index contributed by atoms with van der Waals surface area (Å²) in [5.74, 6) is 1.47. The highest BCUT2D eigenvalue weighted by atomic mass is 16.6. The minimum atomic E-state index is -0.834. The van der Waals surface area contributed by atoms with E-state index in [0.29, 0.717) is 18.9 Å². The molecule has 0 bridgehead atoms. The molecular formula is C14H17NO3. The fourth-order valence-corrected chi connectivity index (χ4v) is 4.30. The van der Waals surface area contributed by atoms with E-state index >= 15 is 0 Å². The molecule has 4 heteroatoms. The minimum Gasteiger partial charge on any atom is -0.461 e. The van der Waals surface area contributed by atoms with Gasteiger partial charge < -0.3 is 14.7 Å². The molecule has 3 aliphatic heterocycles. The van der Waals surface area contributed by atoms with Gasteiger partial charge in [-0.25, -0.2) is 0 Å². The molecule has 1 aliphatic carbocycles. The van der Waals surface area contributed by atoms with E-state index in [1.165, 1.54) is 6.42 Å². The Hall–Kier alpha value is -1.29. The summed E-state index contributed by atoms with van der Waals surface area (Å²) in [4.78, 5) is 14.2. The summed E-state index contributed by atoms with van der Waals surface area (Å²) in [5.41, 5.74) is 0.897. The average Bonchev–Trinajstić information content (AvgIpc) is 2.86. The summed E-state index contributed by atoms with van der Waals surface area (Å²) >= 11 is 0. The number of ether oxygens (including phenoxy) is 1. The predicted octanol–water partition coefficient (Wildman–Crippen LogP) is 1.32. The zero-order valence-electron chi connectivity index (χ0n) is 10.3. The number of fused-ring (bicyclic) bond motifs is 1. The average molecular weight is 247 g/mol. The van der Waals surface area contributed by atoms with Crippen molar-refractivity contribution in [3.63, 3.8) is 0 Å². The van der Waals surface area contributed by atoms with E-state index in [2.05, 4.69) is 0 Å². The van der Waals surface area contributed by atoms with Crippen molar-refractivity contribution >= 4 is 5.91 Å². The van der Waals surface area contributed by atoms with Gasteiger partial charge in [0.25, 0.3) is 0 Å². The largest absolute Gasteiger partial charge is 0.461 e. The first-order chi connectivity index (χ1) is 8.72. The summed E-state index contributed by atoms with van der Waals surface area (Å²) in [6, 6.07) is 0. The summed E-state index contributed by atoms with van der Waals surface area (Å²) < 4.78 is 5.44. The quantitative estimate of drug-likeness (QED) is 0.702. The molecule has 2 fully saturated rings. The van der Waals surface area contributed by atoms with Gasteiger partial charge in [0.1, 0.15) is 5.76 Å². The Bertz CT molecular complexity index is 481. The number of aliphatic hydroxyl groups is 1. The number of carbonyl (C=O) groups excluding carboxylic acids is 1. The second-order valence-electron chi connectivity index (χ2n) is 5.73. The van der Waals surface area contributed by atoms with Crippen LogP contribution in [0.25, 0.3) is 0 Å². The number of carbonyl (C=O) groups is 1. The molecule has 1 saturated carbocycles. The maximum absolute atomic E-state index is 12.2. The molecule has 4 aliphatic rings. The minimum absolute atomic E-state index is 0.170. The summed E-state index contributed by atoms with van der Waals surface area (Å²) in [5, 5.41) is 9.69. The Labute approximate surface area is 106 Å². The van der Waals surface area contributed by atoms with Crippen molar-refractivity contribution in [3.8, 4) is 0 Å². The topological polar surface area (TPSA) is 49.8 Å². The van der Waals surface area contributed by atoms with Crippen LogP contribution in [0.5, 0.6) is 0 Å². The normalized spacial score (nSPS) is 41.6. The van der Waals surface area contributed by atoms with Gasteiger partial charge in [0, 0.05) is 18.5 Å². The van der Waals surface area contributed by atoms with E-state index in [1.807, 2.05) is 11.0 Å². The number of hydrogen-bond acceptors (Lipinski definition) is 3. The summed E-state index contributed by atoms with van der Waals surface area (Å²) in [6.45, 7) is 0.634. The van der Waals surface area contributed by atoms with Gasteiger partial charge in [0.05, 0.1) is 5.54 Å². The molecule has 1 saturated heterocycles. The van der Waals surface area contributed by atoms with Gasteiger partial charge in [-0.15, -0.1) is 0 Å². The van der Waals surface area contributed by atoms with Gasteiger partial charge in [-0.05, 0) is 30.9 Å². The van der Waals surface area contributed by atoms with Crippen molar-refractivity contribution in [3.05, 3.63) is 23.5 Å². The van der Waals surface area contributed by atoms with Crippen molar-refractivity contribution in [2.45, 2.75) is 43.9 Å². The van der Waals surface area contributed by atoms with E-state index in [0.717, 1.165) is 30.6 Å². The van der Waals surface area contributed by atoms with E-state index in [4.69, 9.17) is 4.74 Å². The molecule has 0 aromatic rings. The van der Waals surface area contributed by atoms with Crippen molar-refractivity contribution in [1.29, 1.82) is 0 Å². The van der Waals surface area contributed by atoms with Gasteiger partial charge >= 0.3 is 0 Å². The Morgan fingerprint density at radius 2 is 2.33 bits per heavy atom. The summed E-state index contributed by atoms with van der Waals surface area (Å²) in [6.07, 6.45) is 8.06. The predicted molar refractivity (Wildman–Crippen MR) is 64.3 cm³/mol. The molecule has 3 atom stereocenters. The fraction of sp³-hybridized carbons (Fsp3) is 0.643. The van der Waals surface area contributed by atoms with Crippen LogP contribution in [0, 0.1) is 5.92 Å². The van der Waals surface area contributed by atoms with Crippen LogP contribution < -0.4 is 0 Å². The van der Waals surface area contributed by atoms with Crippen LogP contribution in [0.2, 0.25) is 0 Å². The molecule has 1 spiro atoms. The molecule has 96 valence electrons. The highest BCUT2D eigenvalue weighted by Crippen LogP contribution is 2.54. The monoisotopic (exact) mass is 247 g/mol. The lowest BCUT2D eigenvalue weighted by atomic mass is 9.68. The zero-order chi connectivity index (χ0) is 12.3. The Morgan fingerprint density at radius 3 is 3.22 bits per heavy atom. The third kappa shape index (κ3) is 1.12. The molecule has 3 heterocycles. The van der Waals surface area contributed by atoms with E-state index in [1.54, 1.807) is 6.08 Å². The first-order valence-corrected chi connectivity index (χ1v) is 6.80. The molecule has 0 aromatic heterocycles. The van der Waals surface area contributed by atoms with Crippen LogP contribution in [0.4, 0.5) is 0 Å². The number of hydrogen-bond donors (Lipinski definition) is 1. The third-order valence-corrected chi connectivity index (χ3v) is 4.99. The van der Waals surface area contributed by atoms with Crippen LogP contribution >= 0.6 is 0 Å². The highest BCUT2D eigenvalue weighted by molar-refractivity contribution is 5.83. The lowest BCUT2D eigenvalue weighted by molar-refractivity contribution is -0.130. The third-order valence-electron chi connectivity index (χ3n) is 4.99. The molecule has 1 N–H and O–H groups in total. The molecule has 0 unspecified atom stereocenters. The molecule has 4 nitrogen and oxygen atoms in total. The maximum atomic E-state index is 12.2. The molecule has 0 aromatic carbocycles. The smallest absolute Gasteiger partial charge is 0.223 e. The molecule has 4 rings (SSSR count). The van der Waals surface area contributed by atoms with Crippen molar-refractivity contribution in [2.24, 2.45) is 5.92 Å². The van der Waals surface area contributed by atoms with Crippen LogP contribution in [-0.4, -0.2) is 34.3 Å². The van der Waals surface area contributed by atoms with Crippen molar-refractivity contribution < 1.29 is 14.6 Å². The van der Waals surface area contributed by atoms with Crippen LogP contribution in [-0.2, 0) is 9.53 Å². The van der Waals surface area contributed by atoms with E-state index in [-0.39, 0.29) is 11.4 Å². The van der Waals surface area contributed by atoms with Gasteiger partial charge in [0.2, 0.25) is 12.2 Å². The Morgan fingerprint density at radius 1 is 1.44 bits per heavy atom. The van der Waals surface area contributed by atoms with Gasteiger partial charge in [-0.3, -0.25) is 4.79 Å². The molecule has 1 amide bonds. The zero-order valence-corrected chi connectivity index (χ0v) is 10.3. The van der Waals surface area contributed by atoms with Crippen molar-refractivity contribution in [1.82, 2.24) is 4.90 Å². The van der Waals surface area contributed by atoms with Gasteiger partial charge in [-0.1, -0.05) is 12.8 Å². The summed E-state index contributed by atoms with van der Waals surface area (Å²) in [7, 11) is 0. The SMILES string of the molecule is O=C1C[C@@H]2CCCC[C@@]23C2=C[C@@H](O)OC2=CCN13. The Kier molecular flexibility index (Phi) is 1.99. The van der Waals surface area contributed by atoms with Crippen LogP contribution in [0.1, 0.15) is 32.1 Å². The second-order valence-corrected chi connectivity index (χ2v) is 5.73. The van der Waals surface area contributed by atoms with Crippen LogP contribution in [0.15, 0.2) is 23.5 Å². The number of aliphatic hydroxyl groups excluding tert-OH is 1. The number of rotatable bonds is 0. The fourth-order valence-electron chi connectivity index (χ4n) is 4.30. The first kappa shape index (κ1) is 10.6. The highest BCUT2D eigenvalue weighted by Gasteiger charge is 2.58. The molecular weight excluding hydrogens is 230 g/mol. The number of amides is 1. The van der Waals surface area contributed by atoms with Gasteiger partial charge in [-0.2, -0.15) is 0 Å². The van der Waals surface area contributed by atoms with Crippen molar-refractivity contribution in [2.75, 3.05) is 6.54 Å². The lowest BCUT2D eigenvalue weighted by Crippen LogP contribution is -2.54. The molecule has 18 heavy (non-hydrogen) atoms. The van der Waals surface area contributed by atoms with Crippen LogP contribution in [0.3, 0.4) is 0 Å². The number of nitrogens with zero attached hydrogens (tertiary/aromatic N) is 1. The maximum Gasteiger partial charge on any atom is 0.223 e.